The highest BCUT2D eigenvalue weighted by atomic mass is 35.7. The first-order valence-electron chi connectivity index (χ1n) is 4.13. The Labute approximate surface area is 81.1 Å². The summed E-state index contributed by atoms with van der Waals surface area (Å²) in [5.74, 6) is 0.783. The molecule has 0 aliphatic heterocycles. The zero-order valence-corrected chi connectivity index (χ0v) is 8.49. The van der Waals surface area contributed by atoms with Gasteiger partial charge in [0.2, 0.25) is 5.09 Å². The Morgan fingerprint density at radius 2 is 2.00 bits per heavy atom. The SMILES string of the molecule is O=S(=O)(Cl)c1cc2c(o1)CCCC2. The molecule has 1 aromatic heterocycles. The van der Waals surface area contributed by atoms with Crippen molar-refractivity contribution >= 4 is 19.7 Å². The molecule has 1 aromatic rings. The van der Waals surface area contributed by atoms with Crippen LogP contribution in [0.3, 0.4) is 0 Å². The lowest BCUT2D eigenvalue weighted by atomic mass is 9.99. The lowest BCUT2D eigenvalue weighted by molar-refractivity contribution is 0.404. The smallest absolute Gasteiger partial charge is 0.294 e. The van der Waals surface area contributed by atoms with Crippen molar-refractivity contribution in [3.63, 3.8) is 0 Å². The fourth-order valence-electron chi connectivity index (χ4n) is 1.58. The summed E-state index contributed by atoms with van der Waals surface area (Å²) in [5.41, 5.74) is 0.991. The van der Waals surface area contributed by atoms with Gasteiger partial charge in [-0.15, -0.1) is 0 Å². The second-order valence-corrected chi connectivity index (χ2v) is 5.66. The molecule has 72 valence electrons. The van der Waals surface area contributed by atoms with E-state index in [1.807, 2.05) is 0 Å². The topological polar surface area (TPSA) is 47.3 Å². The summed E-state index contributed by atoms with van der Waals surface area (Å²) >= 11 is 0. The van der Waals surface area contributed by atoms with E-state index in [1.165, 1.54) is 6.07 Å². The third kappa shape index (κ3) is 1.74. The second kappa shape index (κ2) is 3.03. The Morgan fingerprint density at radius 3 is 2.62 bits per heavy atom. The van der Waals surface area contributed by atoms with E-state index in [9.17, 15) is 8.42 Å². The number of furan rings is 1. The van der Waals surface area contributed by atoms with Crippen LogP contribution >= 0.6 is 10.7 Å². The largest absolute Gasteiger partial charge is 0.448 e. The minimum absolute atomic E-state index is 0.110. The lowest BCUT2D eigenvalue weighted by Crippen LogP contribution is -1.97. The Bertz CT molecular complexity index is 395. The maximum Gasteiger partial charge on any atom is 0.294 e. The minimum atomic E-state index is -3.69. The van der Waals surface area contributed by atoms with E-state index >= 15 is 0 Å². The van der Waals surface area contributed by atoms with Gasteiger partial charge in [-0.05, 0) is 24.8 Å². The Balaban J connectivity index is 2.47. The molecule has 0 radical (unpaired) electrons. The van der Waals surface area contributed by atoms with E-state index in [0.29, 0.717) is 0 Å². The molecule has 3 nitrogen and oxygen atoms in total. The van der Waals surface area contributed by atoms with Gasteiger partial charge in [0.1, 0.15) is 5.76 Å². The van der Waals surface area contributed by atoms with Gasteiger partial charge in [0.25, 0.3) is 9.05 Å². The molecule has 2 rings (SSSR count). The van der Waals surface area contributed by atoms with Crippen molar-refractivity contribution in [2.24, 2.45) is 0 Å². The van der Waals surface area contributed by atoms with Gasteiger partial charge in [-0.3, -0.25) is 0 Å². The fraction of sp³-hybridized carbons (Fsp3) is 0.500. The molecule has 0 spiro atoms. The molecule has 0 bridgehead atoms. The molecular formula is C8H9ClO3S. The molecule has 0 unspecified atom stereocenters. The molecule has 0 aromatic carbocycles. The average molecular weight is 221 g/mol. The van der Waals surface area contributed by atoms with E-state index in [1.54, 1.807) is 0 Å². The molecule has 0 fully saturated rings. The Hall–Kier alpha value is -0.480. The third-order valence-electron chi connectivity index (χ3n) is 2.21. The van der Waals surface area contributed by atoms with Crippen molar-refractivity contribution in [2.45, 2.75) is 30.8 Å². The summed E-state index contributed by atoms with van der Waals surface area (Å²) in [6.07, 6.45) is 3.86. The first-order chi connectivity index (χ1) is 6.07. The maximum absolute atomic E-state index is 10.9. The molecule has 0 saturated heterocycles. The molecule has 0 atom stereocenters. The zero-order chi connectivity index (χ0) is 9.47. The predicted molar refractivity (Wildman–Crippen MR) is 48.4 cm³/mol. The van der Waals surface area contributed by atoms with Gasteiger partial charge in [0.15, 0.2) is 0 Å². The summed E-state index contributed by atoms with van der Waals surface area (Å²) < 4.78 is 27.0. The molecule has 1 aliphatic rings. The van der Waals surface area contributed by atoms with Crippen LogP contribution in [0.1, 0.15) is 24.2 Å². The molecule has 0 amide bonds. The first kappa shape index (κ1) is 9.09. The van der Waals surface area contributed by atoms with Crippen LogP contribution in [0, 0.1) is 0 Å². The molecule has 0 saturated carbocycles. The summed E-state index contributed by atoms with van der Waals surface area (Å²) in [6, 6.07) is 1.54. The van der Waals surface area contributed by atoms with Crippen molar-refractivity contribution < 1.29 is 12.8 Å². The van der Waals surface area contributed by atoms with E-state index in [-0.39, 0.29) is 5.09 Å². The molecular weight excluding hydrogens is 212 g/mol. The highest BCUT2D eigenvalue weighted by Gasteiger charge is 2.21. The highest BCUT2D eigenvalue weighted by molar-refractivity contribution is 8.13. The molecule has 13 heavy (non-hydrogen) atoms. The van der Waals surface area contributed by atoms with Crippen LogP contribution in [-0.2, 0) is 21.9 Å². The first-order valence-corrected chi connectivity index (χ1v) is 6.44. The Morgan fingerprint density at radius 1 is 1.31 bits per heavy atom. The van der Waals surface area contributed by atoms with Crippen LogP contribution in [0.25, 0.3) is 0 Å². The summed E-state index contributed by atoms with van der Waals surface area (Å²) in [5, 5.41) is -0.110. The van der Waals surface area contributed by atoms with E-state index in [4.69, 9.17) is 15.1 Å². The van der Waals surface area contributed by atoms with Crippen molar-refractivity contribution in [3.05, 3.63) is 17.4 Å². The third-order valence-corrected chi connectivity index (χ3v) is 3.35. The number of halogens is 1. The maximum atomic E-state index is 10.9. The van der Waals surface area contributed by atoms with Gasteiger partial charge < -0.3 is 4.42 Å². The minimum Gasteiger partial charge on any atom is -0.448 e. The average Bonchev–Trinajstić information content (AvgIpc) is 2.45. The zero-order valence-electron chi connectivity index (χ0n) is 6.92. The normalized spacial score (nSPS) is 17.0. The van der Waals surface area contributed by atoms with E-state index < -0.39 is 9.05 Å². The van der Waals surface area contributed by atoms with Crippen LogP contribution in [0.4, 0.5) is 0 Å². The van der Waals surface area contributed by atoms with Crippen molar-refractivity contribution in [3.8, 4) is 0 Å². The van der Waals surface area contributed by atoms with E-state index in [2.05, 4.69) is 0 Å². The molecule has 1 aliphatic carbocycles. The van der Waals surface area contributed by atoms with Crippen molar-refractivity contribution in [1.82, 2.24) is 0 Å². The van der Waals surface area contributed by atoms with Crippen molar-refractivity contribution in [2.75, 3.05) is 0 Å². The standard InChI is InChI=1S/C8H9ClO3S/c9-13(10,11)8-5-6-3-1-2-4-7(6)12-8/h5H,1-4H2. The number of fused-ring (bicyclic) bond motifs is 1. The molecule has 1 heterocycles. The summed E-state index contributed by atoms with van der Waals surface area (Å²) in [4.78, 5) is 0. The van der Waals surface area contributed by atoms with Crippen LogP contribution in [0.5, 0.6) is 0 Å². The van der Waals surface area contributed by atoms with Crippen molar-refractivity contribution in [1.29, 1.82) is 0 Å². The predicted octanol–water partition coefficient (Wildman–Crippen LogP) is 2.09. The van der Waals surface area contributed by atoms with Crippen LogP contribution in [0.15, 0.2) is 15.6 Å². The van der Waals surface area contributed by atoms with Gasteiger partial charge in [-0.1, -0.05) is 0 Å². The monoisotopic (exact) mass is 220 g/mol. The lowest BCUT2D eigenvalue weighted by Gasteiger charge is -2.07. The van der Waals surface area contributed by atoms with Gasteiger partial charge in [-0.25, -0.2) is 8.42 Å². The number of hydrogen-bond donors (Lipinski definition) is 0. The van der Waals surface area contributed by atoms with Gasteiger partial charge in [0.05, 0.1) is 0 Å². The molecule has 5 heteroatoms. The van der Waals surface area contributed by atoms with Crippen LogP contribution in [0.2, 0.25) is 0 Å². The number of hydrogen-bond acceptors (Lipinski definition) is 3. The fourth-order valence-corrected chi connectivity index (χ4v) is 2.29. The van der Waals surface area contributed by atoms with Gasteiger partial charge in [-0.2, -0.15) is 0 Å². The molecule has 0 N–H and O–H groups in total. The number of aryl methyl sites for hydroxylation is 2. The highest BCUT2D eigenvalue weighted by Crippen LogP contribution is 2.28. The summed E-state index contributed by atoms with van der Waals surface area (Å²) in [6.45, 7) is 0. The quantitative estimate of drug-likeness (QED) is 0.681. The van der Waals surface area contributed by atoms with Gasteiger partial charge in [0, 0.05) is 23.2 Å². The Kier molecular flexibility index (Phi) is 2.12. The summed E-state index contributed by atoms with van der Waals surface area (Å²) in [7, 11) is 1.47. The van der Waals surface area contributed by atoms with Crippen LogP contribution < -0.4 is 0 Å². The second-order valence-electron chi connectivity index (χ2n) is 3.16. The van der Waals surface area contributed by atoms with E-state index in [0.717, 1.165) is 37.0 Å². The number of rotatable bonds is 1. The van der Waals surface area contributed by atoms with Gasteiger partial charge >= 0.3 is 0 Å². The van der Waals surface area contributed by atoms with Crippen LogP contribution in [-0.4, -0.2) is 8.42 Å².